The molecule has 5 heteroatoms. The fraction of sp³-hybridized carbons (Fsp3) is 0.778. The summed E-state index contributed by atoms with van der Waals surface area (Å²) in [6.07, 6.45) is 0. The van der Waals surface area contributed by atoms with Crippen molar-refractivity contribution in [2.24, 2.45) is 11.1 Å². The minimum absolute atomic E-state index is 0.00128. The lowest BCUT2D eigenvalue weighted by Crippen LogP contribution is -2.35. The molecule has 0 rings (SSSR count). The predicted octanol–water partition coefficient (Wildman–Crippen LogP) is -0.372. The molecule has 80 valence electrons. The van der Waals surface area contributed by atoms with E-state index in [2.05, 4.69) is 11.4 Å². The molecule has 0 aliphatic heterocycles. The third-order valence-electron chi connectivity index (χ3n) is 1.53. The Morgan fingerprint density at radius 3 is 2.79 bits per heavy atom. The average molecular weight is 199 g/mol. The van der Waals surface area contributed by atoms with Crippen LogP contribution >= 0.6 is 0 Å². The van der Waals surface area contributed by atoms with Gasteiger partial charge in [0.05, 0.1) is 18.1 Å². The van der Waals surface area contributed by atoms with Gasteiger partial charge in [0.25, 0.3) is 0 Å². The van der Waals surface area contributed by atoms with Crippen LogP contribution < -0.4 is 11.1 Å². The molecule has 0 spiro atoms. The Balaban J connectivity index is 3.60. The van der Waals surface area contributed by atoms with Crippen molar-refractivity contribution in [3.63, 3.8) is 0 Å². The molecule has 0 radical (unpaired) electrons. The highest BCUT2D eigenvalue weighted by atomic mass is 16.5. The molecule has 5 nitrogen and oxygen atoms in total. The predicted molar refractivity (Wildman–Crippen MR) is 52.3 cm³/mol. The molecule has 0 bridgehead atoms. The van der Waals surface area contributed by atoms with E-state index in [0.717, 1.165) is 0 Å². The van der Waals surface area contributed by atoms with Crippen LogP contribution in [0.15, 0.2) is 0 Å². The summed E-state index contributed by atoms with van der Waals surface area (Å²) in [4.78, 5) is 11.1. The number of hydrogen-bond donors (Lipinski definition) is 2. The standard InChI is InChI=1S/C9H17N3O2/c1-9(2,6-11)7-12-8(13)5-14-4-3-10/h3-5,7,10H2,1-2H3,(H,12,13). The summed E-state index contributed by atoms with van der Waals surface area (Å²) < 4.78 is 4.92. The van der Waals surface area contributed by atoms with E-state index in [0.29, 0.717) is 19.7 Å². The average Bonchev–Trinajstić information content (AvgIpc) is 2.16. The van der Waals surface area contributed by atoms with Crippen molar-refractivity contribution in [1.29, 1.82) is 5.26 Å². The molecule has 0 unspecified atom stereocenters. The van der Waals surface area contributed by atoms with Crippen molar-refractivity contribution < 1.29 is 9.53 Å². The Labute approximate surface area is 84.2 Å². The molecule has 0 aliphatic carbocycles. The Bertz CT molecular complexity index is 221. The van der Waals surface area contributed by atoms with Crippen molar-refractivity contribution in [1.82, 2.24) is 5.32 Å². The minimum Gasteiger partial charge on any atom is -0.370 e. The van der Waals surface area contributed by atoms with E-state index in [9.17, 15) is 4.79 Å². The number of ether oxygens (including phenoxy) is 1. The van der Waals surface area contributed by atoms with E-state index in [1.165, 1.54) is 0 Å². The largest absolute Gasteiger partial charge is 0.370 e. The zero-order valence-electron chi connectivity index (χ0n) is 8.67. The van der Waals surface area contributed by atoms with Gasteiger partial charge in [-0.1, -0.05) is 0 Å². The molecule has 0 fully saturated rings. The fourth-order valence-corrected chi connectivity index (χ4v) is 0.658. The van der Waals surface area contributed by atoms with E-state index in [4.69, 9.17) is 15.7 Å². The quantitative estimate of drug-likeness (QED) is 0.571. The summed E-state index contributed by atoms with van der Waals surface area (Å²) >= 11 is 0. The lowest BCUT2D eigenvalue weighted by molar-refractivity contribution is -0.125. The molecule has 0 aliphatic rings. The van der Waals surface area contributed by atoms with Gasteiger partial charge in [-0.15, -0.1) is 0 Å². The summed E-state index contributed by atoms with van der Waals surface area (Å²) in [6, 6.07) is 2.09. The summed E-state index contributed by atoms with van der Waals surface area (Å²) in [5.74, 6) is -0.221. The van der Waals surface area contributed by atoms with Crippen LogP contribution in [0.1, 0.15) is 13.8 Å². The first-order valence-corrected chi connectivity index (χ1v) is 4.47. The zero-order chi connectivity index (χ0) is 11.0. The van der Waals surface area contributed by atoms with E-state index < -0.39 is 5.41 Å². The lowest BCUT2D eigenvalue weighted by Gasteiger charge is -2.15. The van der Waals surface area contributed by atoms with Gasteiger partial charge in [-0.3, -0.25) is 4.79 Å². The Hall–Kier alpha value is -1.12. The fourth-order valence-electron chi connectivity index (χ4n) is 0.658. The molecule has 0 aromatic carbocycles. The number of amides is 1. The molecule has 3 N–H and O–H groups in total. The molecule has 0 atom stereocenters. The molecule has 0 aromatic rings. The van der Waals surface area contributed by atoms with Crippen molar-refractivity contribution in [3.8, 4) is 6.07 Å². The number of nitrogens with one attached hydrogen (secondary N) is 1. The van der Waals surface area contributed by atoms with Gasteiger partial charge in [-0.25, -0.2) is 0 Å². The SMILES string of the molecule is CC(C)(C#N)CNC(=O)COCCN. The third-order valence-corrected chi connectivity index (χ3v) is 1.53. The van der Waals surface area contributed by atoms with E-state index in [1.54, 1.807) is 13.8 Å². The summed E-state index contributed by atoms with van der Waals surface area (Å²) in [6.45, 7) is 4.61. The number of rotatable bonds is 6. The van der Waals surface area contributed by atoms with Crippen LogP contribution in [0.25, 0.3) is 0 Å². The Kier molecular flexibility index (Phi) is 5.84. The smallest absolute Gasteiger partial charge is 0.246 e. The van der Waals surface area contributed by atoms with Gasteiger partial charge in [0.15, 0.2) is 0 Å². The van der Waals surface area contributed by atoms with Gasteiger partial charge < -0.3 is 15.8 Å². The van der Waals surface area contributed by atoms with Gasteiger partial charge in [0, 0.05) is 13.1 Å². The maximum absolute atomic E-state index is 11.1. The van der Waals surface area contributed by atoms with Gasteiger partial charge >= 0.3 is 0 Å². The Morgan fingerprint density at radius 2 is 2.29 bits per heavy atom. The van der Waals surface area contributed by atoms with Crippen molar-refractivity contribution in [3.05, 3.63) is 0 Å². The summed E-state index contributed by atoms with van der Waals surface area (Å²) in [7, 11) is 0. The monoisotopic (exact) mass is 199 g/mol. The highest BCUT2D eigenvalue weighted by Gasteiger charge is 2.17. The molecular weight excluding hydrogens is 182 g/mol. The van der Waals surface area contributed by atoms with E-state index in [1.807, 2.05) is 0 Å². The zero-order valence-corrected chi connectivity index (χ0v) is 8.67. The number of nitrogens with two attached hydrogens (primary N) is 1. The highest BCUT2D eigenvalue weighted by molar-refractivity contribution is 5.77. The van der Waals surface area contributed by atoms with Crippen LogP contribution in [0, 0.1) is 16.7 Å². The first-order valence-electron chi connectivity index (χ1n) is 4.47. The van der Waals surface area contributed by atoms with E-state index >= 15 is 0 Å². The summed E-state index contributed by atoms with van der Waals surface area (Å²) in [5, 5.41) is 11.3. The van der Waals surface area contributed by atoms with Gasteiger partial charge in [-0.2, -0.15) is 5.26 Å². The van der Waals surface area contributed by atoms with Crippen LogP contribution in [0.5, 0.6) is 0 Å². The van der Waals surface area contributed by atoms with Gasteiger partial charge in [-0.05, 0) is 13.8 Å². The first kappa shape index (κ1) is 12.9. The number of nitriles is 1. The number of hydrogen-bond acceptors (Lipinski definition) is 4. The molecule has 1 amide bonds. The topological polar surface area (TPSA) is 88.1 Å². The van der Waals surface area contributed by atoms with Crippen LogP contribution in [0.4, 0.5) is 0 Å². The third kappa shape index (κ3) is 6.40. The van der Waals surface area contributed by atoms with Crippen LogP contribution in [0.2, 0.25) is 0 Å². The minimum atomic E-state index is -0.538. The van der Waals surface area contributed by atoms with Gasteiger partial charge in [0.2, 0.25) is 5.91 Å². The second-order valence-corrected chi connectivity index (χ2v) is 3.61. The van der Waals surface area contributed by atoms with Gasteiger partial charge in [0.1, 0.15) is 6.61 Å². The molecule has 0 aromatic heterocycles. The van der Waals surface area contributed by atoms with Crippen molar-refractivity contribution >= 4 is 5.91 Å². The molecule has 0 saturated carbocycles. The van der Waals surface area contributed by atoms with E-state index in [-0.39, 0.29) is 12.5 Å². The summed E-state index contributed by atoms with van der Waals surface area (Å²) in [5.41, 5.74) is 4.64. The first-order chi connectivity index (χ1) is 6.52. The maximum Gasteiger partial charge on any atom is 0.246 e. The van der Waals surface area contributed by atoms with Crippen molar-refractivity contribution in [2.75, 3.05) is 26.3 Å². The van der Waals surface area contributed by atoms with Crippen LogP contribution in [0.3, 0.4) is 0 Å². The van der Waals surface area contributed by atoms with Crippen LogP contribution in [-0.2, 0) is 9.53 Å². The molecular formula is C9H17N3O2. The van der Waals surface area contributed by atoms with Crippen LogP contribution in [-0.4, -0.2) is 32.2 Å². The lowest BCUT2D eigenvalue weighted by atomic mass is 9.96. The molecule has 0 heterocycles. The second-order valence-electron chi connectivity index (χ2n) is 3.61. The second kappa shape index (κ2) is 6.35. The maximum atomic E-state index is 11.1. The number of carbonyl (C=O) groups excluding carboxylic acids is 1. The Morgan fingerprint density at radius 1 is 1.64 bits per heavy atom. The number of nitrogens with zero attached hydrogens (tertiary/aromatic N) is 1. The molecule has 0 saturated heterocycles. The highest BCUT2D eigenvalue weighted by Crippen LogP contribution is 2.10. The number of carbonyl (C=O) groups is 1. The normalized spacial score (nSPS) is 10.7. The van der Waals surface area contributed by atoms with Crippen molar-refractivity contribution in [2.45, 2.75) is 13.8 Å². The molecule has 14 heavy (non-hydrogen) atoms.